The van der Waals surface area contributed by atoms with Crippen molar-refractivity contribution in [3.05, 3.63) is 47.0 Å². The average molecular weight is 461 g/mol. The van der Waals surface area contributed by atoms with Gasteiger partial charge in [-0.25, -0.2) is 18.6 Å². The van der Waals surface area contributed by atoms with Crippen LogP contribution in [-0.4, -0.2) is 54.4 Å². The maximum absolute atomic E-state index is 14.0. The number of nitrogens with zero attached hydrogens (tertiary/aromatic N) is 2. The first-order chi connectivity index (χ1) is 15.4. The number of hydrogen-bond donors (Lipinski definition) is 2. The van der Waals surface area contributed by atoms with Crippen LogP contribution in [0.4, 0.5) is 19.6 Å². The van der Waals surface area contributed by atoms with Crippen molar-refractivity contribution in [2.45, 2.75) is 18.5 Å². The van der Waals surface area contributed by atoms with Crippen LogP contribution in [0.1, 0.15) is 27.1 Å². The Morgan fingerprint density at radius 2 is 2.00 bits per heavy atom. The van der Waals surface area contributed by atoms with Crippen molar-refractivity contribution in [3.8, 4) is 5.75 Å². The van der Waals surface area contributed by atoms with Crippen LogP contribution < -0.4 is 15.0 Å². The van der Waals surface area contributed by atoms with E-state index in [2.05, 4.69) is 15.2 Å². The number of aromatic nitrogens is 1. The molecule has 0 aliphatic carbocycles. The molecule has 0 spiro atoms. The van der Waals surface area contributed by atoms with Crippen LogP contribution in [0, 0.1) is 11.6 Å². The summed E-state index contributed by atoms with van der Waals surface area (Å²) in [5, 5.41) is 12.4. The number of thiazole rings is 1. The lowest BCUT2D eigenvalue weighted by atomic mass is 9.92. The molecule has 0 radical (unpaired) electrons. The molecule has 2 aliphatic heterocycles. The minimum Gasteiger partial charge on any atom is -0.496 e. The Morgan fingerprint density at radius 3 is 2.66 bits per heavy atom. The fourth-order valence-electron chi connectivity index (χ4n) is 4.18. The molecule has 2 bridgehead atoms. The molecule has 5 rings (SSSR count). The topological polar surface area (TPSA) is 101 Å². The van der Waals surface area contributed by atoms with Gasteiger partial charge in [-0.1, -0.05) is 11.3 Å². The van der Waals surface area contributed by atoms with Crippen molar-refractivity contribution in [1.82, 2.24) is 4.98 Å². The summed E-state index contributed by atoms with van der Waals surface area (Å²) in [6, 6.07) is 4.98. The van der Waals surface area contributed by atoms with E-state index in [1.807, 2.05) is 0 Å². The van der Waals surface area contributed by atoms with Gasteiger partial charge in [0.15, 0.2) is 5.13 Å². The lowest BCUT2D eigenvalue weighted by molar-refractivity contribution is 0.0103. The molecule has 2 atom stereocenters. The summed E-state index contributed by atoms with van der Waals surface area (Å²) in [7, 11) is 1.39. The summed E-state index contributed by atoms with van der Waals surface area (Å²) < 4.78 is 39.2. The zero-order chi connectivity index (χ0) is 22.6. The maximum atomic E-state index is 14.0. The molecule has 2 N–H and O–H groups in total. The average Bonchev–Trinajstić information content (AvgIpc) is 3.15. The van der Waals surface area contributed by atoms with Crippen LogP contribution in [0.15, 0.2) is 24.3 Å². The molecule has 2 unspecified atom stereocenters. The number of anilines is 2. The largest absolute Gasteiger partial charge is 0.496 e. The Hall–Kier alpha value is -3.31. The van der Waals surface area contributed by atoms with E-state index in [1.165, 1.54) is 18.4 Å². The Bertz CT molecular complexity index is 1250. The van der Waals surface area contributed by atoms with Gasteiger partial charge in [-0.2, -0.15) is 0 Å². The number of aromatic carboxylic acids is 1. The number of carboxylic acid groups (broad SMARTS) is 1. The van der Waals surface area contributed by atoms with E-state index in [4.69, 9.17) is 9.47 Å². The van der Waals surface area contributed by atoms with Crippen molar-refractivity contribution in [2.75, 3.05) is 30.5 Å². The minimum absolute atomic E-state index is 0.108. The normalized spacial score (nSPS) is 19.5. The Morgan fingerprint density at radius 1 is 1.25 bits per heavy atom. The van der Waals surface area contributed by atoms with E-state index >= 15 is 0 Å². The number of ether oxygens (including phenoxy) is 2. The Kier molecular flexibility index (Phi) is 4.94. The second kappa shape index (κ2) is 7.68. The van der Waals surface area contributed by atoms with Crippen LogP contribution in [0.3, 0.4) is 0 Å². The van der Waals surface area contributed by atoms with Crippen LogP contribution in [0.5, 0.6) is 5.75 Å². The number of rotatable bonds is 5. The van der Waals surface area contributed by atoms with Gasteiger partial charge in [0.05, 0.1) is 48.3 Å². The third-order valence-electron chi connectivity index (χ3n) is 5.64. The van der Waals surface area contributed by atoms with Gasteiger partial charge in [0, 0.05) is 6.07 Å². The van der Waals surface area contributed by atoms with Gasteiger partial charge in [0.25, 0.3) is 5.91 Å². The van der Waals surface area contributed by atoms with E-state index in [1.54, 1.807) is 12.1 Å². The highest BCUT2D eigenvalue weighted by Gasteiger charge is 2.44. The van der Waals surface area contributed by atoms with Crippen LogP contribution in [0.25, 0.3) is 10.2 Å². The lowest BCUT2D eigenvalue weighted by Gasteiger charge is -2.52. The number of fused-ring (bicyclic) bond motifs is 3. The van der Waals surface area contributed by atoms with E-state index in [-0.39, 0.29) is 23.4 Å². The van der Waals surface area contributed by atoms with E-state index in [0.29, 0.717) is 29.5 Å². The molecule has 32 heavy (non-hydrogen) atoms. The van der Waals surface area contributed by atoms with Crippen molar-refractivity contribution >= 4 is 44.2 Å². The third kappa shape index (κ3) is 3.24. The number of amides is 1. The predicted octanol–water partition coefficient (Wildman–Crippen LogP) is 3.51. The highest BCUT2D eigenvalue weighted by molar-refractivity contribution is 7.22. The molecule has 2 aliphatic rings. The van der Waals surface area contributed by atoms with Gasteiger partial charge in [-0.05, 0) is 24.6 Å². The van der Waals surface area contributed by atoms with E-state index in [0.717, 1.165) is 17.6 Å². The number of halogens is 2. The summed E-state index contributed by atoms with van der Waals surface area (Å²) in [6.07, 6.45) is 1.02. The number of benzene rings is 2. The molecule has 166 valence electrons. The molecule has 2 saturated heterocycles. The fourth-order valence-corrected chi connectivity index (χ4v) is 5.43. The summed E-state index contributed by atoms with van der Waals surface area (Å²) in [5.41, 5.74) is -0.648. The first-order valence-electron chi connectivity index (χ1n) is 9.74. The van der Waals surface area contributed by atoms with Gasteiger partial charge in [-0.3, -0.25) is 4.79 Å². The predicted molar refractivity (Wildman–Crippen MR) is 113 cm³/mol. The zero-order valence-electron chi connectivity index (χ0n) is 16.7. The van der Waals surface area contributed by atoms with E-state index < -0.39 is 34.8 Å². The molecule has 3 heterocycles. The van der Waals surface area contributed by atoms with Gasteiger partial charge in [-0.15, -0.1) is 0 Å². The van der Waals surface area contributed by atoms with Crippen molar-refractivity contribution < 1.29 is 33.0 Å². The molecule has 2 aromatic carbocycles. The maximum Gasteiger partial charge on any atom is 0.340 e. The SMILES string of the molecule is COc1ccc2nc(N3C4COCC3C4)sc2c1C(=O)Nc1cc(F)cc(F)c1C(=O)O. The van der Waals surface area contributed by atoms with Crippen molar-refractivity contribution in [3.63, 3.8) is 0 Å². The second-order valence-electron chi connectivity index (χ2n) is 7.55. The first kappa shape index (κ1) is 20.6. The zero-order valence-corrected chi connectivity index (χ0v) is 17.5. The second-order valence-corrected chi connectivity index (χ2v) is 8.52. The fraction of sp³-hybridized carbons (Fsp3) is 0.286. The van der Waals surface area contributed by atoms with E-state index in [9.17, 15) is 23.5 Å². The summed E-state index contributed by atoms with van der Waals surface area (Å²) in [4.78, 5) is 31.5. The highest BCUT2D eigenvalue weighted by atomic mass is 32.1. The van der Waals surface area contributed by atoms with Crippen molar-refractivity contribution in [2.24, 2.45) is 0 Å². The quantitative estimate of drug-likeness (QED) is 0.600. The molecule has 0 saturated carbocycles. The van der Waals surface area contributed by atoms with Gasteiger partial charge >= 0.3 is 5.97 Å². The molecule has 2 fully saturated rings. The number of carbonyl (C=O) groups is 2. The van der Waals surface area contributed by atoms with Crippen LogP contribution in [-0.2, 0) is 4.74 Å². The molecule has 3 aromatic rings. The number of carbonyl (C=O) groups excluding carboxylic acids is 1. The summed E-state index contributed by atoms with van der Waals surface area (Å²) in [5.74, 6) is -4.47. The first-order valence-corrected chi connectivity index (χ1v) is 10.6. The minimum atomic E-state index is -1.63. The van der Waals surface area contributed by atoms with Crippen LogP contribution in [0.2, 0.25) is 0 Å². The van der Waals surface area contributed by atoms with Gasteiger partial charge in [0.2, 0.25) is 0 Å². The third-order valence-corrected chi connectivity index (χ3v) is 6.75. The summed E-state index contributed by atoms with van der Waals surface area (Å²) >= 11 is 1.30. The van der Waals surface area contributed by atoms with Gasteiger partial charge < -0.3 is 24.8 Å². The number of nitrogens with one attached hydrogen (secondary N) is 1. The molecular formula is C21H17F2N3O5S. The smallest absolute Gasteiger partial charge is 0.340 e. The standard InChI is InChI=1S/C21H17F2N3O5S/c1-30-15-3-2-13-18(32-21(25-13)26-10-6-11(26)8-31-7-10)17(15)19(27)24-14-5-9(22)4-12(23)16(14)20(28)29/h2-5,10-11H,6-8H2,1H3,(H,24,27)(H,28,29). The monoisotopic (exact) mass is 461 g/mol. The van der Waals surface area contributed by atoms with Crippen molar-refractivity contribution in [1.29, 1.82) is 0 Å². The molecule has 8 nitrogen and oxygen atoms in total. The number of morpholine rings is 1. The molecule has 11 heteroatoms. The van der Waals surface area contributed by atoms with Crippen LogP contribution >= 0.6 is 11.3 Å². The Labute approximate surface area is 184 Å². The number of carboxylic acids is 1. The highest BCUT2D eigenvalue weighted by Crippen LogP contribution is 2.42. The molecule has 1 aromatic heterocycles. The number of hydrogen-bond acceptors (Lipinski definition) is 7. The lowest BCUT2D eigenvalue weighted by Crippen LogP contribution is -2.64. The molecular weight excluding hydrogens is 444 g/mol. The number of methoxy groups -OCH3 is 1. The van der Waals surface area contributed by atoms with Gasteiger partial charge in [0.1, 0.15) is 28.5 Å². The summed E-state index contributed by atoms with van der Waals surface area (Å²) in [6.45, 7) is 1.23. The molecule has 1 amide bonds. The Balaban J connectivity index is 1.56.